The molecule has 0 radical (unpaired) electrons. The summed E-state index contributed by atoms with van der Waals surface area (Å²) in [6.07, 6.45) is 7.05. The molecule has 1 aliphatic rings. The Kier molecular flexibility index (Phi) is 3.83. The third-order valence-electron chi connectivity index (χ3n) is 4.98. The van der Waals surface area contributed by atoms with Gasteiger partial charge < -0.3 is 9.73 Å². The van der Waals surface area contributed by atoms with Gasteiger partial charge in [-0.3, -0.25) is 9.48 Å². The van der Waals surface area contributed by atoms with E-state index in [2.05, 4.69) is 10.4 Å². The maximum absolute atomic E-state index is 13.2. The average molecular weight is 370 g/mol. The van der Waals surface area contributed by atoms with Crippen LogP contribution in [0.4, 0.5) is 5.82 Å². The first-order valence-corrected chi connectivity index (χ1v) is 9.16. The Labute approximate surface area is 161 Å². The van der Waals surface area contributed by atoms with Crippen molar-refractivity contribution in [2.45, 2.75) is 12.8 Å². The van der Waals surface area contributed by atoms with Gasteiger partial charge in [0.05, 0.1) is 23.0 Å². The van der Waals surface area contributed by atoms with Crippen LogP contribution in [-0.2, 0) is 13.5 Å². The Balaban J connectivity index is 1.65. The largest absolute Gasteiger partial charge is 0.465 e. The van der Waals surface area contributed by atoms with E-state index < -0.39 is 0 Å². The molecule has 1 N–H and O–H groups in total. The highest BCUT2D eigenvalue weighted by Crippen LogP contribution is 2.37. The molecule has 1 aliphatic carbocycles. The SMILES string of the molecule is Cn1ccc(NC(=O)c2c3c(nc4ccccc24)/C(=C\c2ccco2)CC3)n1. The van der Waals surface area contributed by atoms with Gasteiger partial charge in [0.15, 0.2) is 5.82 Å². The second-order valence-corrected chi connectivity index (χ2v) is 6.84. The third kappa shape index (κ3) is 2.79. The first-order chi connectivity index (χ1) is 13.7. The Morgan fingerprint density at radius 2 is 2.07 bits per heavy atom. The molecule has 4 aromatic rings. The van der Waals surface area contributed by atoms with Crippen molar-refractivity contribution in [1.82, 2.24) is 14.8 Å². The fourth-order valence-corrected chi connectivity index (χ4v) is 3.74. The predicted molar refractivity (Wildman–Crippen MR) is 108 cm³/mol. The number of fused-ring (bicyclic) bond motifs is 2. The number of furan rings is 1. The minimum atomic E-state index is -0.159. The first-order valence-electron chi connectivity index (χ1n) is 9.16. The van der Waals surface area contributed by atoms with Crippen LogP contribution in [0.1, 0.15) is 33.8 Å². The fourth-order valence-electron chi connectivity index (χ4n) is 3.74. The van der Waals surface area contributed by atoms with E-state index in [1.54, 1.807) is 23.2 Å². The normalized spacial score (nSPS) is 14.5. The zero-order valence-electron chi connectivity index (χ0n) is 15.3. The summed E-state index contributed by atoms with van der Waals surface area (Å²) in [6.45, 7) is 0. The number of nitrogens with one attached hydrogen (secondary N) is 1. The minimum absolute atomic E-state index is 0.159. The van der Waals surface area contributed by atoms with E-state index in [0.29, 0.717) is 11.4 Å². The predicted octanol–water partition coefficient (Wildman–Crippen LogP) is 4.30. The summed E-state index contributed by atoms with van der Waals surface area (Å²) in [7, 11) is 1.82. The summed E-state index contributed by atoms with van der Waals surface area (Å²) in [5, 5.41) is 8.04. The van der Waals surface area contributed by atoms with Crippen molar-refractivity contribution in [3.63, 3.8) is 0 Å². The molecule has 1 amide bonds. The number of allylic oxidation sites excluding steroid dienone is 1. The number of anilines is 1. The molecular formula is C22H18N4O2. The number of carbonyl (C=O) groups excluding carboxylic acids is 1. The van der Waals surface area contributed by atoms with Crippen LogP contribution < -0.4 is 5.32 Å². The summed E-state index contributed by atoms with van der Waals surface area (Å²) in [5.74, 6) is 1.16. The number of hydrogen-bond acceptors (Lipinski definition) is 4. The second-order valence-electron chi connectivity index (χ2n) is 6.84. The number of aryl methyl sites for hydroxylation is 1. The van der Waals surface area contributed by atoms with Gasteiger partial charge in [0.2, 0.25) is 0 Å². The molecule has 0 bridgehead atoms. The minimum Gasteiger partial charge on any atom is -0.465 e. The summed E-state index contributed by atoms with van der Waals surface area (Å²) < 4.78 is 7.12. The summed E-state index contributed by atoms with van der Waals surface area (Å²) in [4.78, 5) is 18.1. The lowest BCUT2D eigenvalue weighted by molar-refractivity contribution is 0.102. The molecule has 3 heterocycles. The monoisotopic (exact) mass is 370 g/mol. The van der Waals surface area contributed by atoms with Gasteiger partial charge in [-0.1, -0.05) is 18.2 Å². The Bertz CT molecular complexity index is 1220. The van der Waals surface area contributed by atoms with Gasteiger partial charge in [-0.05, 0) is 48.3 Å². The van der Waals surface area contributed by atoms with Crippen molar-refractivity contribution in [3.05, 3.63) is 77.5 Å². The highest BCUT2D eigenvalue weighted by Gasteiger charge is 2.27. The summed E-state index contributed by atoms with van der Waals surface area (Å²) in [5.41, 5.74) is 4.42. The fraction of sp³-hybridized carbons (Fsp3) is 0.136. The molecule has 1 aromatic carbocycles. The third-order valence-corrected chi connectivity index (χ3v) is 4.98. The molecule has 0 saturated heterocycles. The van der Waals surface area contributed by atoms with Crippen molar-refractivity contribution >= 4 is 34.3 Å². The van der Waals surface area contributed by atoms with E-state index in [9.17, 15) is 4.79 Å². The van der Waals surface area contributed by atoms with Crippen molar-refractivity contribution in [1.29, 1.82) is 0 Å². The standard InChI is InChI=1S/C22H18N4O2/c1-26-11-10-19(25-26)24-22(27)20-16-6-2-3-7-18(16)23-21-14(8-9-17(20)21)13-15-5-4-12-28-15/h2-7,10-13H,8-9H2,1H3,(H,24,25,27)/b14-13-. The number of benzene rings is 1. The van der Waals surface area contributed by atoms with Crippen LogP contribution >= 0.6 is 0 Å². The van der Waals surface area contributed by atoms with Gasteiger partial charge in [0, 0.05) is 24.7 Å². The van der Waals surface area contributed by atoms with E-state index >= 15 is 0 Å². The molecule has 0 fully saturated rings. The molecule has 3 aromatic heterocycles. The molecule has 0 atom stereocenters. The number of para-hydroxylation sites is 1. The van der Waals surface area contributed by atoms with Crippen LogP contribution in [0.2, 0.25) is 0 Å². The summed E-state index contributed by atoms with van der Waals surface area (Å²) >= 11 is 0. The number of aromatic nitrogens is 3. The Morgan fingerprint density at radius 3 is 2.86 bits per heavy atom. The Hall–Kier alpha value is -3.67. The van der Waals surface area contributed by atoms with Crippen LogP contribution in [0.5, 0.6) is 0 Å². The van der Waals surface area contributed by atoms with Crippen molar-refractivity contribution in [2.75, 3.05) is 5.32 Å². The van der Waals surface area contributed by atoms with E-state index in [1.807, 2.05) is 49.5 Å². The molecule has 138 valence electrons. The smallest absolute Gasteiger partial charge is 0.257 e. The number of carbonyl (C=O) groups is 1. The van der Waals surface area contributed by atoms with E-state index in [-0.39, 0.29) is 5.91 Å². The molecule has 6 nitrogen and oxygen atoms in total. The van der Waals surface area contributed by atoms with Crippen molar-refractivity contribution < 1.29 is 9.21 Å². The maximum atomic E-state index is 13.2. The number of nitrogens with zero attached hydrogens (tertiary/aromatic N) is 3. The molecule has 0 unspecified atom stereocenters. The Morgan fingerprint density at radius 1 is 1.18 bits per heavy atom. The first kappa shape index (κ1) is 16.5. The second kappa shape index (κ2) is 6.49. The molecule has 0 aliphatic heterocycles. The van der Waals surface area contributed by atoms with Crippen molar-refractivity contribution in [2.24, 2.45) is 7.05 Å². The average Bonchev–Trinajstić information content (AvgIpc) is 3.43. The molecule has 28 heavy (non-hydrogen) atoms. The van der Waals surface area contributed by atoms with Gasteiger partial charge in [-0.25, -0.2) is 4.98 Å². The van der Waals surface area contributed by atoms with Crippen LogP contribution in [-0.4, -0.2) is 20.7 Å². The zero-order chi connectivity index (χ0) is 19.1. The van der Waals surface area contributed by atoms with Crippen LogP contribution in [0.25, 0.3) is 22.6 Å². The molecule has 6 heteroatoms. The molecular weight excluding hydrogens is 352 g/mol. The lowest BCUT2D eigenvalue weighted by Gasteiger charge is -2.12. The van der Waals surface area contributed by atoms with E-state index in [4.69, 9.17) is 9.40 Å². The van der Waals surface area contributed by atoms with Gasteiger partial charge in [-0.2, -0.15) is 5.10 Å². The zero-order valence-corrected chi connectivity index (χ0v) is 15.3. The number of pyridine rings is 1. The number of rotatable bonds is 3. The molecule has 0 saturated carbocycles. The van der Waals surface area contributed by atoms with Gasteiger partial charge in [0.1, 0.15) is 5.76 Å². The number of amides is 1. The highest BCUT2D eigenvalue weighted by atomic mass is 16.3. The lowest BCUT2D eigenvalue weighted by Crippen LogP contribution is -2.16. The van der Waals surface area contributed by atoms with E-state index in [1.165, 1.54) is 0 Å². The van der Waals surface area contributed by atoms with Crippen LogP contribution in [0.3, 0.4) is 0 Å². The van der Waals surface area contributed by atoms with Crippen LogP contribution in [0.15, 0.2) is 59.3 Å². The van der Waals surface area contributed by atoms with Gasteiger partial charge in [-0.15, -0.1) is 0 Å². The van der Waals surface area contributed by atoms with E-state index in [0.717, 1.165) is 46.3 Å². The lowest BCUT2D eigenvalue weighted by atomic mass is 10.00. The van der Waals surface area contributed by atoms with Gasteiger partial charge in [0.25, 0.3) is 5.91 Å². The molecule has 0 spiro atoms. The van der Waals surface area contributed by atoms with Gasteiger partial charge >= 0.3 is 0 Å². The highest BCUT2D eigenvalue weighted by molar-refractivity contribution is 6.14. The maximum Gasteiger partial charge on any atom is 0.257 e. The summed E-state index contributed by atoms with van der Waals surface area (Å²) in [6, 6.07) is 13.3. The van der Waals surface area contributed by atoms with Crippen molar-refractivity contribution in [3.8, 4) is 0 Å². The van der Waals surface area contributed by atoms with Crippen LogP contribution in [0, 0.1) is 0 Å². The number of hydrogen-bond donors (Lipinski definition) is 1. The quantitative estimate of drug-likeness (QED) is 0.583. The molecule has 5 rings (SSSR count). The topological polar surface area (TPSA) is 73.0 Å².